The van der Waals surface area contributed by atoms with Crippen molar-refractivity contribution >= 4 is 23.4 Å². The molecule has 0 aliphatic carbocycles. The summed E-state index contributed by atoms with van der Waals surface area (Å²) in [4.78, 5) is 4.47. The summed E-state index contributed by atoms with van der Waals surface area (Å²) in [5.41, 5.74) is 3.07. The largest absolute Gasteiger partial charge is 0.391 e. The lowest BCUT2D eigenvalue weighted by atomic mass is 10.1. The molecule has 2 aromatic heterocycles. The van der Waals surface area contributed by atoms with Crippen LogP contribution >= 0.6 is 12.4 Å². The highest BCUT2D eigenvalue weighted by Gasteiger charge is 2.24. The van der Waals surface area contributed by atoms with E-state index in [0.29, 0.717) is 12.5 Å². The number of aliphatic hydroxyl groups excluding tert-OH is 1. The number of halogens is 1. The van der Waals surface area contributed by atoms with Gasteiger partial charge in [-0.2, -0.15) is 5.10 Å². The van der Waals surface area contributed by atoms with Crippen LogP contribution in [0.4, 0.5) is 0 Å². The third-order valence-corrected chi connectivity index (χ3v) is 3.96. The third kappa shape index (κ3) is 3.35. The van der Waals surface area contributed by atoms with Crippen molar-refractivity contribution < 1.29 is 5.11 Å². The second-order valence-electron chi connectivity index (χ2n) is 5.54. The normalized spacial score (nSPS) is 21.7. The summed E-state index contributed by atoms with van der Waals surface area (Å²) in [5.74, 6) is 0.298. The van der Waals surface area contributed by atoms with E-state index in [0.717, 1.165) is 41.9 Å². The van der Waals surface area contributed by atoms with Crippen LogP contribution in [0, 0.1) is 12.8 Å². The van der Waals surface area contributed by atoms with E-state index in [1.807, 2.05) is 24.9 Å². The molecular formula is C14H22ClN5O. The SMILES string of the molecule is Cc1nn(C)c2ncc(CNCC3CNCC3O)cc12.Cl. The van der Waals surface area contributed by atoms with E-state index in [2.05, 4.69) is 26.8 Å². The third-order valence-electron chi connectivity index (χ3n) is 3.96. The first kappa shape index (κ1) is 16.2. The first-order valence-electron chi connectivity index (χ1n) is 7.03. The zero-order chi connectivity index (χ0) is 14.1. The van der Waals surface area contributed by atoms with Gasteiger partial charge >= 0.3 is 0 Å². The molecule has 7 heteroatoms. The van der Waals surface area contributed by atoms with Crippen molar-refractivity contribution in [2.24, 2.45) is 13.0 Å². The Morgan fingerprint density at radius 2 is 2.29 bits per heavy atom. The van der Waals surface area contributed by atoms with Gasteiger partial charge in [-0.3, -0.25) is 4.68 Å². The van der Waals surface area contributed by atoms with Crippen molar-refractivity contribution in [3.63, 3.8) is 0 Å². The summed E-state index contributed by atoms with van der Waals surface area (Å²) >= 11 is 0. The molecule has 0 saturated carbocycles. The second-order valence-corrected chi connectivity index (χ2v) is 5.54. The molecule has 3 heterocycles. The molecule has 0 aromatic carbocycles. The van der Waals surface area contributed by atoms with Crippen molar-refractivity contribution in [3.05, 3.63) is 23.5 Å². The number of pyridine rings is 1. The minimum Gasteiger partial charge on any atom is -0.391 e. The van der Waals surface area contributed by atoms with E-state index in [4.69, 9.17) is 0 Å². The summed E-state index contributed by atoms with van der Waals surface area (Å²) in [6.07, 6.45) is 1.66. The van der Waals surface area contributed by atoms with Crippen molar-refractivity contribution in [2.75, 3.05) is 19.6 Å². The molecule has 2 unspecified atom stereocenters. The number of rotatable bonds is 4. The standard InChI is InChI=1S/C14H21N5O.ClH/c1-9-12-3-10(5-17-14(12)19(2)18-9)4-15-6-11-7-16-8-13(11)20;/h3,5,11,13,15-16,20H,4,6-8H2,1-2H3;1H. The monoisotopic (exact) mass is 311 g/mol. The van der Waals surface area contributed by atoms with Gasteiger partial charge in [-0.15, -0.1) is 12.4 Å². The highest BCUT2D eigenvalue weighted by Crippen LogP contribution is 2.16. The van der Waals surface area contributed by atoms with Crippen molar-refractivity contribution in [2.45, 2.75) is 19.6 Å². The van der Waals surface area contributed by atoms with Crippen LogP contribution in [0.3, 0.4) is 0 Å². The van der Waals surface area contributed by atoms with E-state index < -0.39 is 0 Å². The Balaban J connectivity index is 0.00000161. The summed E-state index contributed by atoms with van der Waals surface area (Å²) < 4.78 is 1.81. The summed E-state index contributed by atoms with van der Waals surface area (Å²) in [6.45, 7) is 5.17. The molecular weight excluding hydrogens is 290 g/mol. The van der Waals surface area contributed by atoms with E-state index in [-0.39, 0.29) is 18.5 Å². The maximum Gasteiger partial charge on any atom is 0.157 e. The number of fused-ring (bicyclic) bond motifs is 1. The van der Waals surface area contributed by atoms with E-state index in [9.17, 15) is 5.11 Å². The Bertz CT molecular complexity index is 615. The molecule has 3 N–H and O–H groups in total. The van der Waals surface area contributed by atoms with Gasteiger partial charge in [-0.25, -0.2) is 4.98 Å². The van der Waals surface area contributed by atoms with Gasteiger partial charge in [-0.1, -0.05) is 0 Å². The van der Waals surface area contributed by atoms with Gasteiger partial charge in [0.25, 0.3) is 0 Å². The lowest BCUT2D eigenvalue weighted by Gasteiger charge is -2.14. The molecule has 2 atom stereocenters. The van der Waals surface area contributed by atoms with Crippen LogP contribution in [0.5, 0.6) is 0 Å². The fraction of sp³-hybridized carbons (Fsp3) is 0.571. The van der Waals surface area contributed by atoms with Gasteiger partial charge in [0.1, 0.15) is 0 Å². The topological polar surface area (TPSA) is 75.0 Å². The van der Waals surface area contributed by atoms with E-state index in [1.54, 1.807) is 0 Å². The highest BCUT2D eigenvalue weighted by atomic mass is 35.5. The Morgan fingerprint density at radius 1 is 1.48 bits per heavy atom. The van der Waals surface area contributed by atoms with Crippen LogP contribution in [0.15, 0.2) is 12.3 Å². The Hall–Kier alpha value is -1.21. The molecule has 1 aliphatic heterocycles. The lowest BCUT2D eigenvalue weighted by Crippen LogP contribution is -2.30. The number of β-amino-alcohol motifs (C(OH)–C–C–N with tert-alkyl or cyclic N) is 1. The van der Waals surface area contributed by atoms with E-state index >= 15 is 0 Å². The zero-order valence-electron chi connectivity index (χ0n) is 12.3. The summed E-state index contributed by atoms with van der Waals surface area (Å²) in [7, 11) is 1.91. The fourth-order valence-corrected chi connectivity index (χ4v) is 2.78. The van der Waals surface area contributed by atoms with E-state index in [1.165, 1.54) is 0 Å². The molecule has 116 valence electrons. The smallest absolute Gasteiger partial charge is 0.157 e. The molecule has 0 spiro atoms. The molecule has 1 aliphatic rings. The highest BCUT2D eigenvalue weighted by molar-refractivity contribution is 5.85. The van der Waals surface area contributed by atoms with Gasteiger partial charge in [-0.05, 0) is 18.6 Å². The quantitative estimate of drug-likeness (QED) is 0.760. The molecule has 3 rings (SSSR count). The van der Waals surface area contributed by atoms with Crippen LogP contribution in [0.1, 0.15) is 11.3 Å². The Labute approximate surface area is 130 Å². The summed E-state index contributed by atoms with van der Waals surface area (Å²) in [6, 6.07) is 2.14. The second kappa shape index (κ2) is 6.70. The molecule has 2 aromatic rings. The molecule has 1 fully saturated rings. The molecule has 21 heavy (non-hydrogen) atoms. The van der Waals surface area contributed by atoms with Crippen LogP contribution in [0.25, 0.3) is 11.0 Å². The van der Waals surface area contributed by atoms with Crippen LogP contribution in [0.2, 0.25) is 0 Å². The van der Waals surface area contributed by atoms with Crippen LogP contribution in [-0.4, -0.2) is 45.6 Å². The van der Waals surface area contributed by atoms with Gasteiger partial charge in [0.2, 0.25) is 0 Å². The van der Waals surface area contributed by atoms with Crippen LogP contribution in [-0.2, 0) is 13.6 Å². The minimum atomic E-state index is -0.233. The number of hydrogen-bond donors (Lipinski definition) is 3. The van der Waals surface area contributed by atoms with Crippen molar-refractivity contribution in [1.82, 2.24) is 25.4 Å². The van der Waals surface area contributed by atoms with Crippen LogP contribution < -0.4 is 10.6 Å². The molecule has 1 saturated heterocycles. The van der Waals surface area contributed by atoms with Gasteiger partial charge < -0.3 is 15.7 Å². The first-order valence-corrected chi connectivity index (χ1v) is 7.03. The predicted molar refractivity (Wildman–Crippen MR) is 84.6 cm³/mol. The average Bonchev–Trinajstić information content (AvgIpc) is 2.95. The zero-order valence-corrected chi connectivity index (χ0v) is 13.2. The number of aromatic nitrogens is 3. The molecule has 0 radical (unpaired) electrons. The maximum absolute atomic E-state index is 9.74. The fourth-order valence-electron chi connectivity index (χ4n) is 2.78. The molecule has 0 bridgehead atoms. The van der Waals surface area contributed by atoms with Crippen molar-refractivity contribution in [1.29, 1.82) is 0 Å². The minimum absolute atomic E-state index is 0. The summed E-state index contributed by atoms with van der Waals surface area (Å²) in [5, 5.41) is 21.8. The number of hydrogen-bond acceptors (Lipinski definition) is 5. The van der Waals surface area contributed by atoms with Gasteiger partial charge in [0.05, 0.1) is 11.8 Å². The number of nitrogens with one attached hydrogen (secondary N) is 2. The predicted octanol–water partition coefficient (Wildman–Crippen LogP) is 0.368. The average molecular weight is 312 g/mol. The Kier molecular flexibility index (Phi) is 5.16. The van der Waals surface area contributed by atoms with Gasteiger partial charge in [0.15, 0.2) is 5.65 Å². The Morgan fingerprint density at radius 3 is 3.00 bits per heavy atom. The molecule has 6 nitrogen and oxygen atoms in total. The lowest BCUT2D eigenvalue weighted by molar-refractivity contribution is 0.146. The number of aliphatic hydroxyl groups is 1. The van der Waals surface area contributed by atoms with Crippen molar-refractivity contribution in [3.8, 4) is 0 Å². The first-order chi connectivity index (χ1) is 9.65. The van der Waals surface area contributed by atoms with Gasteiger partial charge in [0, 0.05) is 50.7 Å². The number of nitrogens with zero attached hydrogens (tertiary/aromatic N) is 3. The maximum atomic E-state index is 9.74. The molecule has 0 amide bonds. The number of aryl methyl sites for hydroxylation is 2.